The number of benzene rings is 2. The van der Waals surface area contributed by atoms with E-state index in [0.29, 0.717) is 0 Å². The van der Waals surface area contributed by atoms with Crippen LogP contribution in [-0.4, -0.2) is 29.3 Å². The zero-order chi connectivity index (χ0) is 27.3. The predicted molar refractivity (Wildman–Crippen MR) is 145 cm³/mol. The Morgan fingerprint density at radius 3 is 1.69 bits per heavy atom. The minimum absolute atomic E-state index is 0.0501. The normalized spacial score (nSPS) is 12.8. The molecule has 1 unspecified atom stereocenters. The van der Waals surface area contributed by atoms with Gasteiger partial charge >= 0.3 is 12.2 Å². The molecule has 0 aliphatic carbocycles. The summed E-state index contributed by atoms with van der Waals surface area (Å²) in [7, 11) is 0. The molecule has 2 amide bonds. The molecule has 36 heavy (non-hydrogen) atoms. The highest BCUT2D eigenvalue weighted by atomic mass is 16.6. The Morgan fingerprint density at radius 2 is 1.25 bits per heavy atom. The Hall–Kier alpha value is -3.35. The van der Waals surface area contributed by atoms with Gasteiger partial charge in [-0.15, -0.1) is 0 Å². The minimum atomic E-state index is -0.725. The zero-order valence-corrected chi connectivity index (χ0v) is 23.3. The van der Waals surface area contributed by atoms with Crippen LogP contribution in [0.3, 0.4) is 0 Å². The van der Waals surface area contributed by atoms with Crippen LogP contribution < -0.4 is 10.6 Å². The molecule has 7 heteroatoms. The molecule has 1 atom stereocenters. The van der Waals surface area contributed by atoms with Crippen LogP contribution in [0.4, 0.5) is 9.59 Å². The maximum absolute atomic E-state index is 12.4. The minimum Gasteiger partial charge on any atom is -0.444 e. The van der Waals surface area contributed by atoms with Gasteiger partial charge in [-0.1, -0.05) is 63.2 Å². The Morgan fingerprint density at radius 1 is 0.750 bits per heavy atom. The molecule has 196 valence electrons. The highest BCUT2D eigenvalue weighted by Gasteiger charge is 2.22. The average molecular weight is 496 g/mol. The summed E-state index contributed by atoms with van der Waals surface area (Å²) >= 11 is 0. The number of alkyl carbamates (subject to hydrolysis) is 2. The van der Waals surface area contributed by atoms with Gasteiger partial charge in [0.2, 0.25) is 5.96 Å². The summed E-state index contributed by atoms with van der Waals surface area (Å²) in [5, 5.41) is 5.07. The highest BCUT2D eigenvalue weighted by Crippen LogP contribution is 2.28. The topological polar surface area (TPSA) is 89.0 Å². The number of carbonyl (C=O) groups excluding carboxylic acids is 2. The molecule has 0 fully saturated rings. The first-order chi connectivity index (χ1) is 16.4. The van der Waals surface area contributed by atoms with Crippen LogP contribution in [0.5, 0.6) is 0 Å². The van der Waals surface area contributed by atoms with Crippen LogP contribution in [0.1, 0.15) is 86.4 Å². The van der Waals surface area contributed by atoms with E-state index < -0.39 is 23.4 Å². The van der Waals surface area contributed by atoms with Crippen molar-refractivity contribution >= 4 is 18.1 Å². The van der Waals surface area contributed by atoms with Gasteiger partial charge in [0, 0.05) is 0 Å². The first-order valence-electron chi connectivity index (χ1n) is 12.2. The summed E-state index contributed by atoms with van der Waals surface area (Å²) in [6.45, 7) is 19.0. The maximum Gasteiger partial charge on any atom is 0.414 e. The summed E-state index contributed by atoms with van der Waals surface area (Å²) in [4.78, 5) is 29.3. The second-order valence-corrected chi connectivity index (χ2v) is 11.9. The molecule has 0 saturated heterocycles. The maximum atomic E-state index is 12.4. The lowest BCUT2D eigenvalue weighted by Gasteiger charge is -2.22. The van der Waals surface area contributed by atoms with Crippen molar-refractivity contribution in [3.05, 3.63) is 59.7 Å². The lowest BCUT2D eigenvalue weighted by atomic mass is 9.86. The number of carbonyl (C=O) groups is 2. The molecule has 0 bridgehead atoms. The number of ether oxygens (including phenoxy) is 2. The summed E-state index contributed by atoms with van der Waals surface area (Å²) in [6, 6.07) is 16.2. The van der Waals surface area contributed by atoms with Gasteiger partial charge in [0.05, 0.1) is 6.04 Å². The van der Waals surface area contributed by atoms with E-state index in [9.17, 15) is 9.59 Å². The van der Waals surface area contributed by atoms with Crippen molar-refractivity contribution in [2.75, 3.05) is 0 Å². The monoisotopic (exact) mass is 495 g/mol. The number of rotatable bonds is 3. The molecule has 0 saturated carbocycles. The third kappa shape index (κ3) is 9.72. The molecular weight excluding hydrogens is 454 g/mol. The Bertz CT molecular complexity index is 1050. The summed E-state index contributed by atoms with van der Waals surface area (Å²) in [5.41, 5.74) is 3.01. The van der Waals surface area contributed by atoms with E-state index >= 15 is 0 Å². The van der Waals surface area contributed by atoms with E-state index in [1.54, 1.807) is 41.5 Å². The lowest BCUT2D eigenvalue weighted by molar-refractivity contribution is 0.0545. The molecule has 0 spiro atoms. The number of amides is 2. The van der Waals surface area contributed by atoms with E-state index in [-0.39, 0.29) is 17.4 Å². The summed E-state index contributed by atoms with van der Waals surface area (Å²) in [6.07, 6.45) is -1.45. The molecule has 7 nitrogen and oxygen atoms in total. The van der Waals surface area contributed by atoms with Crippen LogP contribution >= 0.6 is 0 Å². The Balaban J connectivity index is 2.31. The molecule has 0 aromatic heterocycles. The van der Waals surface area contributed by atoms with Crippen LogP contribution in [0, 0.1) is 0 Å². The summed E-state index contributed by atoms with van der Waals surface area (Å²) < 4.78 is 10.7. The SMILES string of the molecule is CC(N=C(NC(=O)OC(C)(C)C)NC(=O)OC(C)(C)C)c1cccc(-c2ccc(C(C)(C)C)cc2)c1. The van der Waals surface area contributed by atoms with Crippen molar-refractivity contribution < 1.29 is 19.1 Å². The molecule has 0 aliphatic rings. The van der Waals surface area contributed by atoms with Crippen molar-refractivity contribution in [1.82, 2.24) is 10.6 Å². The van der Waals surface area contributed by atoms with Gasteiger partial charge < -0.3 is 9.47 Å². The average Bonchev–Trinajstić information content (AvgIpc) is 2.70. The molecule has 0 heterocycles. The number of aliphatic imine (C=N–C) groups is 1. The van der Waals surface area contributed by atoms with E-state index in [0.717, 1.165) is 16.7 Å². The first-order valence-corrected chi connectivity index (χ1v) is 12.2. The number of nitrogens with zero attached hydrogens (tertiary/aromatic N) is 1. The first kappa shape index (κ1) is 28.9. The third-order valence-corrected chi connectivity index (χ3v) is 5.01. The van der Waals surface area contributed by atoms with Crippen LogP contribution in [-0.2, 0) is 14.9 Å². The van der Waals surface area contributed by atoms with Crippen molar-refractivity contribution in [3.8, 4) is 11.1 Å². The molecular formula is C29H41N3O4. The van der Waals surface area contributed by atoms with Crippen molar-refractivity contribution in [1.29, 1.82) is 0 Å². The number of hydrogen-bond acceptors (Lipinski definition) is 5. The lowest BCUT2D eigenvalue weighted by Crippen LogP contribution is -2.47. The second kappa shape index (κ2) is 11.1. The van der Waals surface area contributed by atoms with Crippen molar-refractivity contribution in [3.63, 3.8) is 0 Å². The fourth-order valence-electron chi connectivity index (χ4n) is 3.31. The fraction of sp³-hybridized carbons (Fsp3) is 0.483. The van der Waals surface area contributed by atoms with Crippen molar-refractivity contribution in [2.45, 2.75) is 91.9 Å². The standard InChI is InChI=1S/C29H41N3O4/c1-19(21-12-11-13-22(18-21)20-14-16-23(17-15-20)27(2,3)4)30-24(31-25(33)35-28(5,6)7)32-26(34)36-29(8,9)10/h11-19H,1-10H3,(H2,30,31,32,33,34). The molecule has 0 aliphatic heterocycles. The van der Waals surface area contributed by atoms with Gasteiger partial charge in [-0.25, -0.2) is 14.6 Å². The van der Waals surface area contributed by atoms with Crippen molar-refractivity contribution in [2.24, 2.45) is 4.99 Å². The van der Waals surface area contributed by atoms with E-state index in [2.05, 4.69) is 66.7 Å². The van der Waals surface area contributed by atoms with Gasteiger partial charge in [0.1, 0.15) is 11.2 Å². The van der Waals surface area contributed by atoms with Crippen LogP contribution in [0.25, 0.3) is 11.1 Å². The van der Waals surface area contributed by atoms with E-state index in [1.165, 1.54) is 5.56 Å². The molecule has 2 N–H and O–H groups in total. The second-order valence-electron chi connectivity index (χ2n) is 11.9. The van der Waals surface area contributed by atoms with Crippen LogP contribution in [0.2, 0.25) is 0 Å². The highest BCUT2D eigenvalue weighted by molar-refractivity contribution is 6.01. The predicted octanol–water partition coefficient (Wildman–Crippen LogP) is 7.12. The molecule has 0 radical (unpaired) electrons. The molecule has 2 aromatic rings. The number of hydrogen-bond donors (Lipinski definition) is 2. The number of guanidine groups is 1. The largest absolute Gasteiger partial charge is 0.444 e. The van der Waals surface area contributed by atoms with Gasteiger partial charge in [0.15, 0.2) is 0 Å². The summed E-state index contributed by atoms with van der Waals surface area (Å²) in [5.74, 6) is -0.0501. The van der Waals surface area contributed by atoms with Crippen LogP contribution in [0.15, 0.2) is 53.5 Å². The van der Waals surface area contributed by atoms with Gasteiger partial charge in [0.25, 0.3) is 0 Å². The van der Waals surface area contributed by atoms with E-state index in [4.69, 9.17) is 9.47 Å². The Kier molecular flexibility index (Phi) is 8.94. The smallest absolute Gasteiger partial charge is 0.414 e. The van der Waals surface area contributed by atoms with Gasteiger partial charge in [-0.3, -0.25) is 10.6 Å². The number of nitrogens with one attached hydrogen (secondary N) is 2. The fourth-order valence-corrected chi connectivity index (χ4v) is 3.31. The third-order valence-electron chi connectivity index (χ3n) is 5.01. The van der Waals surface area contributed by atoms with E-state index in [1.807, 2.05) is 25.1 Å². The Labute approximate surface area is 215 Å². The van der Waals surface area contributed by atoms with Gasteiger partial charge in [-0.2, -0.15) is 0 Å². The molecule has 2 rings (SSSR count). The van der Waals surface area contributed by atoms with Gasteiger partial charge in [-0.05, 0) is 82.2 Å². The zero-order valence-electron chi connectivity index (χ0n) is 23.3. The quantitative estimate of drug-likeness (QED) is 0.350. The molecule has 2 aromatic carbocycles.